The van der Waals surface area contributed by atoms with Crippen molar-refractivity contribution in [2.75, 3.05) is 6.26 Å². The molecule has 0 aliphatic heterocycles. The van der Waals surface area contributed by atoms with E-state index in [2.05, 4.69) is 0 Å². The Hall–Kier alpha value is -1.10. The highest BCUT2D eigenvalue weighted by Crippen LogP contribution is 2.31. The molecule has 0 fully saturated rings. The fourth-order valence-electron chi connectivity index (χ4n) is 1.81. The van der Waals surface area contributed by atoms with Gasteiger partial charge in [-0.05, 0) is 23.3 Å². The predicted octanol–water partition coefficient (Wildman–Crippen LogP) is 2.38. The van der Waals surface area contributed by atoms with Crippen molar-refractivity contribution < 1.29 is 8.42 Å². The standard InChI is InChI=1S/C13H14ClNO2S/c1-18(16,17)13(15)8-6-10(7-9-13)11-4-2-3-5-12(11)14/h2-8H,9,15H2,1H3. The van der Waals surface area contributed by atoms with Gasteiger partial charge in [0.25, 0.3) is 0 Å². The van der Waals surface area contributed by atoms with Gasteiger partial charge in [0.15, 0.2) is 9.84 Å². The SMILES string of the molecule is CS(=O)(=O)C1(N)C=CC(c2ccccc2Cl)=CC1. The third-order valence-corrected chi connectivity index (χ3v) is 5.07. The minimum Gasteiger partial charge on any atom is -0.309 e. The van der Waals surface area contributed by atoms with Gasteiger partial charge in [-0.25, -0.2) is 8.42 Å². The number of nitrogens with two attached hydrogens (primary N) is 1. The summed E-state index contributed by atoms with van der Waals surface area (Å²) in [6.45, 7) is 0. The molecule has 1 aromatic carbocycles. The van der Waals surface area contributed by atoms with Gasteiger partial charge in [-0.3, -0.25) is 0 Å². The molecule has 18 heavy (non-hydrogen) atoms. The van der Waals surface area contributed by atoms with E-state index >= 15 is 0 Å². The summed E-state index contributed by atoms with van der Waals surface area (Å²) in [4.78, 5) is -1.31. The van der Waals surface area contributed by atoms with Crippen LogP contribution in [0.5, 0.6) is 0 Å². The van der Waals surface area contributed by atoms with Crippen LogP contribution >= 0.6 is 11.6 Å². The largest absolute Gasteiger partial charge is 0.309 e. The molecule has 0 spiro atoms. The van der Waals surface area contributed by atoms with Crippen LogP contribution in [0.4, 0.5) is 0 Å². The van der Waals surface area contributed by atoms with Gasteiger partial charge in [0, 0.05) is 17.7 Å². The van der Waals surface area contributed by atoms with Gasteiger partial charge in [-0.2, -0.15) is 0 Å². The van der Waals surface area contributed by atoms with E-state index in [0.29, 0.717) is 5.02 Å². The summed E-state index contributed by atoms with van der Waals surface area (Å²) >= 11 is 6.09. The van der Waals surface area contributed by atoms with Gasteiger partial charge >= 0.3 is 0 Å². The number of hydrogen-bond donors (Lipinski definition) is 1. The van der Waals surface area contributed by atoms with E-state index < -0.39 is 14.7 Å². The van der Waals surface area contributed by atoms with Crippen LogP contribution in [0.15, 0.2) is 42.5 Å². The van der Waals surface area contributed by atoms with Crippen LogP contribution in [0.2, 0.25) is 5.02 Å². The highest BCUT2D eigenvalue weighted by molar-refractivity contribution is 7.92. The molecule has 1 aliphatic rings. The van der Waals surface area contributed by atoms with Crippen LogP contribution in [0.3, 0.4) is 0 Å². The first-order valence-electron chi connectivity index (χ1n) is 5.46. The molecular formula is C13H14ClNO2S. The van der Waals surface area contributed by atoms with Crippen molar-refractivity contribution in [1.82, 2.24) is 0 Å². The molecule has 0 saturated carbocycles. The Kier molecular flexibility index (Phi) is 3.36. The Morgan fingerprint density at radius 2 is 2.00 bits per heavy atom. The Balaban J connectivity index is 2.35. The van der Waals surface area contributed by atoms with E-state index in [1.165, 1.54) is 6.08 Å². The molecule has 1 atom stereocenters. The molecule has 3 nitrogen and oxygen atoms in total. The summed E-state index contributed by atoms with van der Waals surface area (Å²) in [7, 11) is -3.33. The normalized spacial score (nSPS) is 23.8. The highest BCUT2D eigenvalue weighted by Gasteiger charge is 2.34. The number of halogens is 1. The lowest BCUT2D eigenvalue weighted by Crippen LogP contribution is -2.45. The molecule has 2 N–H and O–H groups in total. The maximum Gasteiger partial charge on any atom is 0.169 e. The first kappa shape index (κ1) is 13.3. The van der Waals surface area contributed by atoms with Gasteiger partial charge in [-0.1, -0.05) is 42.0 Å². The van der Waals surface area contributed by atoms with Crippen molar-refractivity contribution in [2.45, 2.75) is 11.3 Å². The first-order chi connectivity index (χ1) is 8.33. The zero-order valence-corrected chi connectivity index (χ0v) is 11.5. The molecule has 0 amide bonds. The summed E-state index contributed by atoms with van der Waals surface area (Å²) in [6.07, 6.45) is 6.45. The fourth-order valence-corrected chi connectivity index (χ4v) is 2.75. The van der Waals surface area contributed by atoms with E-state index in [4.69, 9.17) is 17.3 Å². The lowest BCUT2D eigenvalue weighted by atomic mass is 9.97. The zero-order chi connectivity index (χ0) is 13.4. The number of hydrogen-bond acceptors (Lipinski definition) is 3. The lowest BCUT2D eigenvalue weighted by Gasteiger charge is -2.26. The maximum absolute atomic E-state index is 11.6. The van der Waals surface area contributed by atoms with Crippen LogP contribution in [0.25, 0.3) is 5.57 Å². The van der Waals surface area contributed by atoms with E-state index in [9.17, 15) is 8.42 Å². The van der Waals surface area contributed by atoms with Crippen molar-refractivity contribution in [3.8, 4) is 0 Å². The average Bonchev–Trinajstić information content (AvgIpc) is 2.30. The Bertz CT molecular complexity index is 634. The van der Waals surface area contributed by atoms with E-state index in [0.717, 1.165) is 17.4 Å². The summed E-state index contributed by atoms with van der Waals surface area (Å²) in [5, 5.41) is 0.636. The van der Waals surface area contributed by atoms with Gasteiger partial charge in [-0.15, -0.1) is 0 Å². The van der Waals surface area contributed by atoms with E-state index in [1.54, 1.807) is 12.1 Å². The number of rotatable bonds is 2. The quantitative estimate of drug-likeness (QED) is 0.906. The molecule has 1 unspecified atom stereocenters. The first-order valence-corrected chi connectivity index (χ1v) is 7.73. The summed E-state index contributed by atoms with van der Waals surface area (Å²) < 4.78 is 23.2. The van der Waals surface area contributed by atoms with Crippen LogP contribution in [-0.4, -0.2) is 19.5 Å². The Morgan fingerprint density at radius 3 is 2.50 bits per heavy atom. The summed E-state index contributed by atoms with van der Waals surface area (Å²) in [6, 6.07) is 7.42. The molecule has 0 radical (unpaired) electrons. The van der Waals surface area contributed by atoms with Gasteiger partial charge in [0.05, 0.1) is 0 Å². The Morgan fingerprint density at radius 1 is 1.33 bits per heavy atom. The van der Waals surface area contributed by atoms with Crippen molar-refractivity contribution in [2.24, 2.45) is 5.73 Å². The van der Waals surface area contributed by atoms with Crippen molar-refractivity contribution in [3.63, 3.8) is 0 Å². The molecular weight excluding hydrogens is 270 g/mol. The van der Waals surface area contributed by atoms with E-state index in [-0.39, 0.29) is 6.42 Å². The monoisotopic (exact) mass is 283 g/mol. The zero-order valence-electron chi connectivity index (χ0n) is 9.93. The van der Waals surface area contributed by atoms with Gasteiger partial charge < -0.3 is 5.73 Å². The Labute approximate surface area is 112 Å². The van der Waals surface area contributed by atoms with Crippen LogP contribution in [-0.2, 0) is 9.84 Å². The van der Waals surface area contributed by atoms with Crippen molar-refractivity contribution >= 4 is 27.0 Å². The topological polar surface area (TPSA) is 60.2 Å². The second-order valence-corrected chi connectivity index (χ2v) is 7.12. The molecule has 0 saturated heterocycles. The van der Waals surface area contributed by atoms with Crippen molar-refractivity contribution in [1.29, 1.82) is 0 Å². The van der Waals surface area contributed by atoms with Crippen LogP contribution in [0, 0.1) is 0 Å². The average molecular weight is 284 g/mol. The van der Waals surface area contributed by atoms with Crippen molar-refractivity contribution in [3.05, 3.63) is 53.1 Å². The van der Waals surface area contributed by atoms with E-state index in [1.807, 2.05) is 24.3 Å². The van der Waals surface area contributed by atoms with Gasteiger partial charge in [0.1, 0.15) is 4.87 Å². The molecule has 0 aromatic heterocycles. The number of allylic oxidation sites excluding steroid dienone is 2. The third-order valence-electron chi connectivity index (χ3n) is 3.06. The summed E-state index contributed by atoms with van der Waals surface area (Å²) in [5.41, 5.74) is 7.64. The third kappa shape index (κ3) is 2.36. The minimum absolute atomic E-state index is 0.253. The molecule has 0 bridgehead atoms. The molecule has 5 heteroatoms. The van der Waals surface area contributed by atoms with Crippen LogP contribution in [0.1, 0.15) is 12.0 Å². The minimum atomic E-state index is -3.33. The molecule has 0 heterocycles. The molecule has 2 rings (SSSR count). The van der Waals surface area contributed by atoms with Crippen LogP contribution < -0.4 is 5.73 Å². The highest BCUT2D eigenvalue weighted by atomic mass is 35.5. The second kappa shape index (κ2) is 4.53. The number of benzene rings is 1. The maximum atomic E-state index is 11.6. The smallest absolute Gasteiger partial charge is 0.169 e. The lowest BCUT2D eigenvalue weighted by molar-refractivity contribution is 0.562. The molecule has 96 valence electrons. The fraction of sp³-hybridized carbons (Fsp3) is 0.231. The number of sulfone groups is 1. The predicted molar refractivity (Wildman–Crippen MR) is 74.9 cm³/mol. The van der Waals surface area contributed by atoms with Gasteiger partial charge in [0.2, 0.25) is 0 Å². The molecule has 1 aliphatic carbocycles. The molecule has 1 aromatic rings. The second-order valence-electron chi connectivity index (χ2n) is 4.40. The summed E-state index contributed by atoms with van der Waals surface area (Å²) in [5.74, 6) is 0.